The van der Waals surface area contributed by atoms with Gasteiger partial charge in [0.15, 0.2) is 0 Å². The van der Waals surface area contributed by atoms with Gasteiger partial charge in [-0.3, -0.25) is 4.79 Å². The summed E-state index contributed by atoms with van der Waals surface area (Å²) in [6.45, 7) is 3.58. The van der Waals surface area contributed by atoms with E-state index in [4.69, 9.17) is 5.73 Å². The third kappa shape index (κ3) is 2.61. The van der Waals surface area contributed by atoms with Crippen LogP contribution in [0.2, 0.25) is 0 Å². The Morgan fingerprint density at radius 2 is 2.31 bits per heavy atom. The van der Waals surface area contributed by atoms with Gasteiger partial charge in [-0.05, 0) is 18.9 Å². The highest BCUT2D eigenvalue weighted by molar-refractivity contribution is 5.79. The van der Waals surface area contributed by atoms with Crippen LogP contribution in [0.3, 0.4) is 0 Å². The monoisotopic (exact) mass is 218 g/mol. The van der Waals surface area contributed by atoms with Crippen LogP contribution < -0.4 is 5.73 Å². The van der Waals surface area contributed by atoms with E-state index in [9.17, 15) is 4.79 Å². The van der Waals surface area contributed by atoms with Crippen molar-refractivity contribution in [1.29, 1.82) is 0 Å². The van der Waals surface area contributed by atoms with Crippen LogP contribution in [-0.4, -0.2) is 29.9 Å². The average Bonchev–Trinajstić information content (AvgIpc) is 2.54. The number of rotatable bonds is 3. The molecule has 0 bridgehead atoms. The van der Waals surface area contributed by atoms with Crippen LogP contribution in [0.4, 0.5) is 0 Å². The lowest BCUT2D eigenvalue weighted by atomic mass is 10.1. The fourth-order valence-electron chi connectivity index (χ4n) is 2.15. The Kier molecular flexibility index (Phi) is 3.25. The summed E-state index contributed by atoms with van der Waals surface area (Å²) in [4.78, 5) is 13.4. The highest BCUT2D eigenvalue weighted by Crippen LogP contribution is 2.11. The molecular formula is C13H18N2O. The molecule has 0 saturated carbocycles. The zero-order valence-corrected chi connectivity index (χ0v) is 9.65. The number of carbonyl (C=O) groups is 1. The molecule has 0 aromatic heterocycles. The normalized spacial score (nSPS) is 20.5. The predicted octanol–water partition coefficient (Wildman–Crippen LogP) is 1.10. The molecule has 1 aliphatic rings. The molecule has 1 amide bonds. The van der Waals surface area contributed by atoms with Gasteiger partial charge in [0.25, 0.3) is 0 Å². The largest absolute Gasteiger partial charge is 0.341 e. The molecule has 2 N–H and O–H groups in total. The van der Waals surface area contributed by atoms with E-state index in [2.05, 4.69) is 31.2 Å². The molecule has 2 rings (SSSR count). The Balaban J connectivity index is 1.90. The second-order valence-corrected chi connectivity index (χ2v) is 4.54. The van der Waals surface area contributed by atoms with Crippen molar-refractivity contribution in [3.05, 3.63) is 35.4 Å². The number of benzene rings is 1. The number of likely N-dealkylation sites (tertiary alicyclic amines) is 1. The van der Waals surface area contributed by atoms with Crippen molar-refractivity contribution in [3.63, 3.8) is 0 Å². The molecule has 1 fully saturated rings. The SMILES string of the molecule is Cc1cccc(CCN2CC(N)CC2=O)c1. The number of hydrogen-bond acceptors (Lipinski definition) is 2. The summed E-state index contributed by atoms with van der Waals surface area (Å²) < 4.78 is 0. The highest BCUT2D eigenvalue weighted by atomic mass is 16.2. The molecule has 1 aromatic carbocycles. The van der Waals surface area contributed by atoms with Gasteiger partial charge < -0.3 is 10.6 Å². The first-order valence-corrected chi connectivity index (χ1v) is 5.74. The molecular weight excluding hydrogens is 200 g/mol. The van der Waals surface area contributed by atoms with Gasteiger partial charge >= 0.3 is 0 Å². The second-order valence-electron chi connectivity index (χ2n) is 4.54. The molecule has 16 heavy (non-hydrogen) atoms. The Labute approximate surface area is 96.2 Å². The minimum atomic E-state index is 0.0324. The molecule has 1 saturated heterocycles. The fourth-order valence-corrected chi connectivity index (χ4v) is 2.15. The van der Waals surface area contributed by atoms with E-state index in [0.717, 1.165) is 13.0 Å². The second kappa shape index (κ2) is 4.66. The molecule has 0 aliphatic carbocycles. The van der Waals surface area contributed by atoms with E-state index >= 15 is 0 Å². The van der Waals surface area contributed by atoms with Crippen molar-refractivity contribution in [2.45, 2.75) is 25.8 Å². The lowest BCUT2D eigenvalue weighted by Crippen LogP contribution is -2.30. The van der Waals surface area contributed by atoms with Crippen molar-refractivity contribution in [2.75, 3.05) is 13.1 Å². The molecule has 0 spiro atoms. The third-order valence-corrected chi connectivity index (χ3v) is 3.00. The first-order chi connectivity index (χ1) is 7.65. The molecule has 3 nitrogen and oxygen atoms in total. The van der Waals surface area contributed by atoms with E-state index in [0.29, 0.717) is 13.0 Å². The number of aryl methyl sites for hydroxylation is 1. The van der Waals surface area contributed by atoms with Crippen LogP contribution >= 0.6 is 0 Å². The minimum absolute atomic E-state index is 0.0324. The first kappa shape index (κ1) is 11.1. The Bertz CT molecular complexity index is 389. The molecule has 1 heterocycles. The minimum Gasteiger partial charge on any atom is -0.341 e. The summed E-state index contributed by atoms with van der Waals surface area (Å²) >= 11 is 0. The molecule has 1 aromatic rings. The molecule has 1 unspecified atom stereocenters. The number of carbonyl (C=O) groups excluding carboxylic acids is 1. The van der Waals surface area contributed by atoms with Gasteiger partial charge in [0.05, 0.1) is 0 Å². The van der Waals surface area contributed by atoms with Crippen molar-refractivity contribution >= 4 is 5.91 Å². The van der Waals surface area contributed by atoms with E-state index in [1.807, 2.05) is 4.90 Å². The first-order valence-electron chi connectivity index (χ1n) is 5.74. The zero-order chi connectivity index (χ0) is 11.5. The van der Waals surface area contributed by atoms with Crippen molar-refractivity contribution in [2.24, 2.45) is 5.73 Å². The lowest BCUT2D eigenvalue weighted by molar-refractivity contribution is -0.127. The Morgan fingerprint density at radius 1 is 1.50 bits per heavy atom. The van der Waals surface area contributed by atoms with Crippen LogP contribution in [0, 0.1) is 6.92 Å². The summed E-state index contributed by atoms with van der Waals surface area (Å²) in [5.74, 6) is 0.195. The maximum absolute atomic E-state index is 11.5. The summed E-state index contributed by atoms with van der Waals surface area (Å²) in [5.41, 5.74) is 8.30. The maximum Gasteiger partial charge on any atom is 0.224 e. The molecule has 1 aliphatic heterocycles. The summed E-state index contributed by atoms with van der Waals surface area (Å²) in [7, 11) is 0. The quantitative estimate of drug-likeness (QED) is 0.825. The van der Waals surface area contributed by atoms with Crippen molar-refractivity contribution in [1.82, 2.24) is 4.90 Å². The number of nitrogens with two attached hydrogens (primary N) is 1. The van der Waals surface area contributed by atoms with Crippen molar-refractivity contribution < 1.29 is 4.79 Å². The smallest absolute Gasteiger partial charge is 0.224 e. The zero-order valence-electron chi connectivity index (χ0n) is 9.65. The number of amides is 1. The van der Waals surface area contributed by atoms with Crippen LogP contribution in [-0.2, 0) is 11.2 Å². The Hall–Kier alpha value is -1.35. The van der Waals surface area contributed by atoms with Gasteiger partial charge in [-0.1, -0.05) is 29.8 Å². The van der Waals surface area contributed by atoms with Crippen LogP contribution in [0.5, 0.6) is 0 Å². The van der Waals surface area contributed by atoms with Crippen LogP contribution in [0.1, 0.15) is 17.5 Å². The van der Waals surface area contributed by atoms with Gasteiger partial charge in [0.2, 0.25) is 5.91 Å². The average molecular weight is 218 g/mol. The number of nitrogens with zero attached hydrogens (tertiary/aromatic N) is 1. The molecule has 86 valence electrons. The van der Waals surface area contributed by atoms with Crippen molar-refractivity contribution in [3.8, 4) is 0 Å². The van der Waals surface area contributed by atoms with Gasteiger partial charge in [-0.2, -0.15) is 0 Å². The van der Waals surface area contributed by atoms with Crippen LogP contribution in [0.25, 0.3) is 0 Å². The summed E-state index contributed by atoms with van der Waals surface area (Å²) in [5, 5.41) is 0. The molecule has 1 atom stereocenters. The third-order valence-electron chi connectivity index (χ3n) is 3.00. The van der Waals surface area contributed by atoms with Gasteiger partial charge in [0.1, 0.15) is 0 Å². The fraction of sp³-hybridized carbons (Fsp3) is 0.462. The Morgan fingerprint density at radius 3 is 2.94 bits per heavy atom. The molecule has 3 heteroatoms. The number of hydrogen-bond donors (Lipinski definition) is 1. The standard InChI is InChI=1S/C13H18N2O/c1-10-3-2-4-11(7-10)5-6-15-9-12(14)8-13(15)16/h2-4,7,12H,5-6,8-9,14H2,1H3. The van der Waals surface area contributed by atoms with E-state index < -0.39 is 0 Å². The summed E-state index contributed by atoms with van der Waals surface area (Å²) in [6, 6.07) is 8.45. The van der Waals surface area contributed by atoms with E-state index in [1.54, 1.807) is 0 Å². The maximum atomic E-state index is 11.5. The highest BCUT2D eigenvalue weighted by Gasteiger charge is 2.26. The van der Waals surface area contributed by atoms with Crippen LogP contribution in [0.15, 0.2) is 24.3 Å². The van der Waals surface area contributed by atoms with E-state index in [1.165, 1.54) is 11.1 Å². The lowest BCUT2D eigenvalue weighted by Gasteiger charge is -2.15. The summed E-state index contributed by atoms with van der Waals surface area (Å²) in [6.07, 6.45) is 1.42. The predicted molar refractivity (Wildman–Crippen MR) is 64.1 cm³/mol. The topological polar surface area (TPSA) is 46.3 Å². The van der Waals surface area contributed by atoms with Gasteiger partial charge in [-0.25, -0.2) is 0 Å². The molecule has 0 radical (unpaired) electrons. The van der Waals surface area contributed by atoms with Gasteiger partial charge in [0, 0.05) is 25.6 Å². The van der Waals surface area contributed by atoms with E-state index in [-0.39, 0.29) is 11.9 Å². The van der Waals surface area contributed by atoms with Gasteiger partial charge in [-0.15, -0.1) is 0 Å².